The van der Waals surface area contributed by atoms with Crippen LogP contribution in [0.1, 0.15) is 30.7 Å². The summed E-state index contributed by atoms with van der Waals surface area (Å²) in [5.41, 5.74) is 5.41. The van der Waals surface area contributed by atoms with Gasteiger partial charge in [-0.05, 0) is 47.8 Å². The molecule has 96 valence electrons. The lowest BCUT2D eigenvalue weighted by Gasteiger charge is -2.39. The van der Waals surface area contributed by atoms with Gasteiger partial charge < -0.3 is 10.8 Å². The molecule has 1 aromatic rings. The molecule has 1 atom stereocenters. The zero-order chi connectivity index (χ0) is 12.5. The molecule has 2 heterocycles. The molecule has 1 unspecified atom stereocenters. The lowest BCUT2D eigenvalue weighted by atomic mass is 9.93. The van der Waals surface area contributed by atoms with Crippen LogP contribution in [0, 0.1) is 0 Å². The smallest absolute Gasteiger partial charge is 0.0702 e. The molecule has 0 amide bonds. The van der Waals surface area contributed by atoms with Crippen LogP contribution in [0.4, 0.5) is 0 Å². The van der Waals surface area contributed by atoms with E-state index in [1.807, 2.05) is 6.92 Å². The highest BCUT2D eigenvalue weighted by Gasteiger charge is 2.31. The second-order valence-electron chi connectivity index (χ2n) is 4.93. The Hall–Kier alpha value is 0.0600. The molecule has 3 nitrogen and oxygen atoms in total. The molecule has 17 heavy (non-hydrogen) atoms. The Morgan fingerprint density at radius 2 is 2.18 bits per heavy atom. The van der Waals surface area contributed by atoms with Crippen LogP contribution in [0.15, 0.2) is 15.9 Å². The number of nitrogens with two attached hydrogens (primary N) is 1. The minimum absolute atomic E-state index is 0.294. The van der Waals surface area contributed by atoms with Gasteiger partial charge in [-0.3, -0.25) is 4.90 Å². The first-order valence-corrected chi connectivity index (χ1v) is 7.54. The van der Waals surface area contributed by atoms with Gasteiger partial charge in [0.2, 0.25) is 0 Å². The van der Waals surface area contributed by atoms with Gasteiger partial charge in [-0.2, -0.15) is 0 Å². The van der Waals surface area contributed by atoms with E-state index in [2.05, 4.69) is 33.0 Å². The number of nitrogens with zero attached hydrogens (tertiary/aromatic N) is 1. The van der Waals surface area contributed by atoms with Crippen molar-refractivity contribution >= 4 is 27.3 Å². The molecule has 0 bridgehead atoms. The van der Waals surface area contributed by atoms with Gasteiger partial charge >= 0.3 is 0 Å². The number of hydrogen-bond acceptors (Lipinski definition) is 4. The van der Waals surface area contributed by atoms with E-state index in [0.717, 1.165) is 29.7 Å². The summed E-state index contributed by atoms with van der Waals surface area (Å²) < 4.78 is 1.15. The van der Waals surface area contributed by atoms with Crippen molar-refractivity contribution in [2.24, 2.45) is 5.73 Å². The Bertz CT molecular complexity index is 370. The van der Waals surface area contributed by atoms with E-state index in [1.54, 1.807) is 11.3 Å². The summed E-state index contributed by atoms with van der Waals surface area (Å²) in [6.45, 7) is 4.40. The molecule has 1 aromatic heterocycles. The summed E-state index contributed by atoms with van der Waals surface area (Å²) in [6.07, 6.45) is 1.66. The fourth-order valence-corrected chi connectivity index (χ4v) is 3.84. The monoisotopic (exact) mass is 318 g/mol. The minimum Gasteiger partial charge on any atom is -0.390 e. The lowest BCUT2D eigenvalue weighted by molar-refractivity contribution is -0.0156. The van der Waals surface area contributed by atoms with E-state index in [1.165, 1.54) is 4.88 Å². The van der Waals surface area contributed by atoms with Gasteiger partial charge in [-0.1, -0.05) is 0 Å². The first-order valence-electron chi connectivity index (χ1n) is 5.93. The van der Waals surface area contributed by atoms with Crippen LogP contribution in [0.5, 0.6) is 0 Å². The molecule has 0 spiro atoms. The topological polar surface area (TPSA) is 49.5 Å². The van der Waals surface area contributed by atoms with Crippen molar-refractivity contribution in [3.05, 3.63) is 20.8 Å². The van der Waals surface area contributed by atoms with Crippen molar-refractivity contribution in [1.29, 1.82) is 0 Å². The highest BCUT2D eigenvalue weighted by Crippen LogP contribution is 2.33. The highest BCUT2D eigenvalue weighted by atomic mass is 79.9. The number of rotatable bonds is 3. The maximum absolute atomic E-state index is 9.96. The van der Waals surface area contributed by atoms with Crippen LogP contribution in [-0.2, 0) is 0 Å². The number of aliphatic hydroxyl groups is 1. The van der Waals surface area contributed by atoms with E-state index in [4.69, 9.17) is 5.73 Å². The van der Waals surface area contributed by atoms with Crippen LogP contribution in [-0.4, -0.2) is 35.2 Å². The van der Waals surface area contributed by atoms with Gasteiger partial charge in [0.15, 0.2) is 0 Å². The normalized spacial score (nSPS) is 22.6. The Balaban J connectivity index is 2.05. The Morgan fingerprint density at radius 3 is 2.65 bits per heavy atom. The summed E-state index contributed by atoms with van der Waals surface area (Å²) in [6, 6.07) is 4.50. The maximum Gasteiger partial charge on any atom is 0.0702 e. The summed E-state index contributed by atoms with van der Waals surface area (Å²) in [5.74, 6) is 0. The summed E-state index contributed by atoms with van der Waals surface area (Å²) >= 11 is 5.24. The van der Waals surface area contributed by atoms with E-state index in [0.29, 0.717) is 12.6 Å². The second kappa shape index (κ2) is 5.36. The number of halogens is 1. The zero-order valence-corrected chi connectivity index (χ0v) is 12.4. The fraction of sp³-hybridized carbons (Fsp3) is 0.667. The summed E-state index contributed by atoms with van der Waals surface area (Å²) in [7, 11) is 0. The number of thiophene rings is 1. The van der Waals surface area contributed by atoms with Gasteiger partial charge in [-0.25, -0.2) is 0 Å². The largest absolute Gasteiger partial charge is 0.390 e. The van der Waals surface area contributed by atoms with Crippen molar-refractivity contribution < 1.29 is 5.11 Å². The quantitative estimate of drug-likeness (QED) is 0.899. The van der Waals surface area contributed by atoms with Crippen LogP contribution in [0.25, 0.3) is 0 Å². The Kier molecular flexibility index (Phi) is 4.26. The third kappa shape index (κ3) is 3.29. The van der Waals surface area contributed by atoms with E-state index < -0.39 is 5.60 Å². The Labute approximate surface area is 115 Å². The van der Waals surface area contributed by atoms with Crippen LogP contribution in [0.2, 0.25) is 0 Å². The molecule has 1 fully saturated rings. The summed E-state index contributed by atoms with van der Waals surface area (Å²) in [4.78, 5) is 3.69. The molecular formula is C12H19BrN2OS. The third-order valence-electron chi connectivity index (χ3n) is 3.46. The van der Waals surface area contributed by atoms with Crippen molar-refractivity contribution in [2.75, 3.05) is 19.6 Å². The predicted octanol–water partition coefficient (Wildman–Crippen LogP) is 2.36. The molecule has 0 radical (unpaired) electrons. The number of likely N-dealkylation sites (tertiary alicyclic amines) is 1. The minimum atomic E-state index is -0.494. The van der Waals surface area contributed by atoms with E-state index >= 15 is 0 Å². The first kappa shape index (κ1) is 13.5. The average molecular weight is 319 g/mol. The van der Waals surface area contributed by atoms with E-state index in [9.17, 15) is 5.11 Å². The van der Waals surface area contributed by atoms with Crippen LogP contribution in [0.3, 0.4) is 0 Å². The standard InChI is InChI=1S/C12H19BrN2OS/c1-12(16)4-6-15(7-5-12)9(8-14)10-2-3-11(13)17-10/h2-3,9,16H,4-8,14H2,1H3. The first-order chi connectivity index (χ1) is 8.02. The van der Waals surface area contributed by atoms with Crippen molar-refractivity contribution in [3.63, 3.8) is 0 Å². The molecule has 1 aliphatic heterocycles. The zero-order valence-electron chi connectivity index (χ0n) is 10.0. The van der Waals surface area contributed by atoms with Gasteiger partial charge in [0, 0.05) is 24.5 Å². The van der Waals surface area contributed by atoms with Gasteiger partial charge in [0.1, 0.15) is 0 Å². The second-order valence-corrected chi connectivity index (χ2v) is 7.42. The Morgan fingerprint density at radius 1 is 1.53 bits per heavy atom. The molecule has 5 heteroatoms. The third-order valence-corrected chi connectivity index (χ3v) is 5.19. The molecule has 0 aromatic carbocycles. The SMILES string of the molecule is CC1(O)CCN(C(CN)c2ccc(Br)s2)CC1. The van der Waals surface area contributed by atoms with Gasteiger partial charge in [0.25, 0.3) is 0 Å². The predicted molar refractivity (Wildman–Crippen MR) is 75.2 cm³/mol. The van der Waals surface area contributed by atoms with Crippen molar-refractivity contribution in [1.82, 2.24) is 4.90 Å². The molecule has 0 saturated carbocycles. The van der Waals surface area contributed by atoms with E-state index in [-0.39, 0.29) is 0 Å². The molecule has 1 aliphatic rings. The molecule has 0 aliphatic carbocycles. The van der Waals surface area contributed by atoms with Gasteiger partial charge in [-0.15, -0.1) is 11.3 Å². The highest BCUT2D eigenvalue weighted by molar-refractivity contribution is 9.11. The number of hydrogen-bond donors (Lipinski definition) is 2. The van der Waals surface area contributed by atoms with Crippen LogP contribution < -0.4 is 5.73 Å². The molecular weight excluding hydrogens is 300 g/mol. The number of piperidine rings is 1. The van der Waals surface area contributed by atoms with Crippen LogP contribution >= 0.6 is 27.3 Å². The fourth-order valence-electron chi connectivity index (χ4n) is 2.27. The summed E-state index contributed by atoms with van der Waals surface area (Å²) in [5, 5.41) is 9.96. The van der Waals surface area contributed by atoms with Crippen molar-refractivity contribution in [2.45, 2.75) is 31.4 Å². The lowest BCUT2D eigenvalue weighted by Crippen LogP contribution is -2.45. The maximum atomic E-state index is 9.96. The van der Waals surface area contributed by atoms with Crippen molar-refractivity contribution in [3.8, 4) is 0 Å². The average Bonchev–Trinajstić information content (AvgIpc) is 2.68. The molecule has 1 saturated heterocycles. The molecule has 3 N–H and O–H groups in total. The van der Waals surface area contributed by atoms with Gasteiger partial charge in [0.05, 0.1) is 15.4 Å². The molecule has 2 rings (SSSR count).